The van der Waals surface area contributed by atoms with Gasteiger partial charge < -0.3 is 9.47 Å². The van der Waals surface area contributed by atoms with Crippen molar-refractivity contribution in [2.24, 2.45) is 0 Å². The summed E-state index contributed by atoms with van der Waals surface area (Å²) >= 11 is 5.02. The van der Waals surface area contributed by atoms with E-state index < -0.39 is 5.91 Å². The molecule has 0 aliphatic rings. The quantitative estimate of drug-likeness (QED) is 0.358. The molecule has 0 heterocycles. The predicted molar refractivity (Wildman–Crippen MR) is 110 cm³/mol. The molecule has 2 aromatic carbocycles. The zero-order chi connectivity index (χ0) is 20.2. The number of benzene rings is 2. The second-order valence-corrected chi connectivity index (χ2v) is 6.12. The smallest absolute Gasteiger partial charge is 0.261 e. The van der Waals surface area contributed by atoms with Crippen LogP contribution < -0.4 is 25.6 Å². The van der Waals surface area contributed by atoms with Crippen molar-refractivity contribution in [1.82, 2.24) is 16.2 Å². The van der Waals surface area contributed by atoms with E-state index in [1.807, 2.05) is 37.3 Å². The van der Waals surface area contributed by atoms with E-state index in [0.717, 1.165) is 5.75 Å². The van der Waals surface area contributed by atoms with Crippen LogP contribution in [-0.4, -0.2) is 30.1 Å². The monoisotopic (exact) mass is 401 g/mol. The summed E-state index contributed by atoms with van der Waals surface area (Å²) in [4.78, 5) is 23.9. The molecule has 0 aliphatic heterocycles. The summed E-state index contributed by atoms with van der Waals surface area (Å²) in [5.41, 5.74) is 5.24. The number of ether oxygens (including phenoxy) is 2. The van der Waals surface area contributed by atoms with Gasteiger partial charge in [-0.1, -0.05) is 37.3 Å². The average Bonchev–Trinajstić information content (AvgIpc) is 2.71. The number of hydrogen-bond acceptors (Lipinski definition) is 5. The lowest BCUT2D eigenvalue weighted by atomic mass is 10.2. The summed E-state index contributed by atoms with van der Waals surface area (Å²) in [5.74, 6) is 0.510. The summed E-state index contributed by atoms with van der Waals surface area (Å²) < 4.78 is 11.2. The molecule has 0 aromatic heterocycles. The number of carbonyl (C=O) groups is 2. The van der Waals surface area contributed by atoms with Gasteiger partial charge in [0.15, 0.2) is 5.11 Å². The van der Waals surface area contributed by atoms with Gasteiger partial charge in [0.2, 0.25) is 5.91 Å². The van der Waals surface area contributed by atoms with Gasteiger partial charge in [-0.05, 0) is 42.9 Å². The molecule has 0 spiro atoms. The van der Waals surface area contributed by atoms with Crippen molar-refractivity contribution in [2.75, 3.05) is 13.2 Å². The van der Waals surface area contributed by atoms with Gasteiger partial charge in [0.05, 0.1) is 5.56 Å². The summed E-state index contributed by atoms with van der Waals surface area (Å²) in [6, 6.07) is 16.2. The second kappa shape index (κ2) is 11.6. The summed E-state index contributed by atoms with van der Waals surface area (Å²) in [6.45, 7) is 2.50. The molecule has 7 nitrogen and oxygen atoms in total. The van der Waals surface area contributed by atoms with E-state index in [0.29, 0.717) is 30.8 Å². The van der Waals surface area contributed by atoms with Crippen LogP contribution in [0.3, 0.4) is 0 Å². The lowest BCUT2D eigenvalue weighted by molar-refractivity contribution is -0.121. The average molecular weight is 401 g/mol. The van der Waals surface area contributed by atoms with E-state index in [2.05, 4.69) is 16.2 Å². The van der Waals surface area contributed by atoms with Crippen molar-refractivity contribution in [2.45, 2.75) is 19.8 Å². The Balaban J connectivity index is 1.83. The number of hydrazine groups is 1. The van der Waals surface area contributed by atoms with Crippen molar-refractivity contribution in [1.29, 1.82) is 0 Å². The van der Waals surface area contributed by atoms with Gasteiger partial charge in [-0.3, -0.25) is 25.8 Å². The molecule has 0 atom stereocenters. The summed E-state index contributed by atoms with van der Waals surface area (Å²) in [5, 5.41) is 2.50. The molecular weight excluding hydrogens is 378 g/mol. The van der Waals surface area contributed by atoms with Gasteiger partial charge in [0.25, 0.3) is 5.91 Å². The Labute approximate surface area is 169 Å². The Morgan fingerprint density at radius 1 is 0.929 bits per heavy atom. The van der Waals surface area contributed by atoms with Crippen LogP contribution in [0.1, 0.15) is 30.1 Å². The normalized spacial score (nSPS) is 9.89. The first kappa shape index (κ1) is 21.2. The zero-order valence-electron chi connectivity index (χ0n) is 15.6. The second-order valence-electron chi connectivity index (χ2n) is 5.71. The molecule has 0 saturated carbocycles. The number of hydrogen-bond donors (Lipinski definition) is 3. The van der Waals surface area contributed by atoms with Crippen LogP contribution in [0, 0.1) is 0 Å². The largest absolute Gasteiger partial charge is 0.490 e. The fourth-order valence-electron chi connectivity index (χ4n) is 2.23. The molecule has 2 aromatic rings. The maximum absolute atomic E-state index is 12.4. The van der Waals surface area contributed by atoms with Gasteiger partial charge >= 0.3 is 0 Å². The Hall–Kier alpha value is -3.13. The molecule has 0 bridgehead atoms. The molecule has 0 fully saturated rings. The van der Waals surface area contributed by atoms with Gasteiger partial charge in [0.1, 0.15) is 24.7 Å². The maximum atomic E-state index is 12.4. The molecule has 3 N–H and O–H groups in total. The van der Waals surface area contributed by atoms with Crippen LogP contribution in [0.4, 0.5) is 0 Å². The minimum absolute atomic E-state index is 0.00309. The number of amides is 2. The number of para-hydroxylation sites is 2. The number of carbonyl (C=O) groups excluding carboxylic acids is 2. The molecule has 8 heteroatoms. The minimum Gasteiger partial charge on any atom is -0.490 e. The van der Waals surface area contributed by atoms with Crippen LogP contribution in [0.15, 0.2) is 54.6 Å². The van der Waals surface area contributed by atoms with Gasteiger partial charge in [-0.15, -0.1) is 0 Å². The third-order valence-corrected chi connectivity index (χ3v) is 3.71. The molecule has 0 aliphatic carbocycles. The van der Waals surface area contributed by atoms with Gasteiger partial charge in [0, 0.05) is 6.42 Å². The Kier molecular flexibility index (Phi) is 8.74. The Morgan fingerprint density at radius 2 is 1.61 bits per heavy atom. The molecule has 2 rings (SSSR count). The topological polar surface area (TPSA) is 88.7 Å². The molecule has 0 saturated heterocycles. The van der Waals surface area contributed by atoms with Crippen molar-refractivity contribution < 1.29 is 19.1 Å². The highest BCUT2D eigenvalue weighted by Crippen LogP contribution is 2.18. The SMILES string of the molecule is CCCC(=O)NNC(=S)NC(=O)c1ccccc1OCCOc1ccccc1. The van der Waals surface area contributed by atoms with Crippen LogP contribution >= 0.6 is 12.2 Å². The molecule has 148 valence electrons. The van der Waals surface area contributed by atoms with E-state index in [4.69, 9.17) is 21.7 Å². The van der Waals surface area contributed by atoms with Crippen molar-refractivity contribution >= 4 is 29.1 Å². The van der Waals surface area contributed by atoms with Crippen molar-refractivity contribution in [3.8, 4) is 11.5 Å². The van der Waals surface area contributed by atoms with Crippen LogP contribution in [-0.2, 0) is 4.79 Å². The van der Waals surface area contributed by atoms with Crippen LogP contribution in [0.2, 0.25) is 0 Å². The lowest BCUT2D eigenvalue weighted by Crippen LogP contribution is -2.48. The Bertz CT molecular complexity index is 799. The van der Waals surface area contributed by atoms with Crippen molar-refractivity contribution in [3.05, 3.63) is 60.2 Å². The molecule has 0 radical (unpaired) electrons. The lowest BCUT2D eigenvalue weighted by Gasteiger charge is -2.13. The van der Waals surface area contributed by atoms with Crippen molar-refractivity contribution in [3.63, 3.8) is 0 Å². The summed E-state index contributed by atoms with van der Waals surface area (Å²) in [7, 11) is 0. The third kappa shape index (κ3) is 7.24. The first-order valence-corrected chi connectivity index (χ1v) is 9.30. The third-order valence-electron chi connectivity index (χ3n) is 3.50. The Morgan fingerprint density at radius 3 is 2.36 bits per heavy atom. The minimum atomic E-state index is -0.443. The van der Waals surface area contributed by atoms with Gasteiger partial charge in [-0.2, -0.15) is 0 Å². The van der Waals surface area contributed by atoms with Crippen LogP contribution in [0.25, 0.3) is 0 Å². The van der Waals surface area contributed by atoms with E-state index in [1.54, 1.807) is 24.3 Å². The molecule has 2 amide bonds. The first-order valence-electron chi connectivity index (χ1n) is 8.90. The standard InChI is InChI=1S/C20H23N3O4S/c1-2-8-18(24)22-23-20(28)21-19(25)16-11-6-7-12-17(16)27-14-13-26-15-9-4-3-5-10-15/h3-7,9-12H,2,8,13-14H2,1H3,(H,22,24)(H2,21,23,25,28). The number of rotatable bonds is 8. The highest BCUT2D eigenvalue weighted by Gasteiger charge is 2.14. The molecule has 0 unspecified atom stereocenters. The zero-order valence-corrected chi connectivity index (χ0v) is 16.4. The highest BCUT2D eigenvalue weighted by molar-refractivity contribution is 7.80. The van der Waals surface area contributed by atoms with E-state index in [-0.39, 0.29) is 17.6 Å². The molecule has 28 heavy (non-hydrogen) atoms. The van der Waals surface area contributed by atoms with E-state index in [9.17, 15) is 9.59 Å². The van der Waals surface area contributed by atoms with E-state index >= 15 is 0 Å². The maximum Gasteiger partial charge on any atom is 0.261 e. The number of thiocarbonyl (C=S) groups is 1. The summed E-state index contributed by atoms with van der Waals surface area (Å²) in [6.07, 6.45) is 1.08. The first-order chi connectivity index (χ1) is 13.6. The highest BCUT2D eigenvalue weighted by atomic mass is 32.1. The number of nitrogens with one attached hydrogen (secondary N) is 3. The van der Waals surface area contributed by atoms with E-state index in [1.165, 1.54) is 0 Å². The van der Waals surface area contributed by atoms with Gasteiger partial charge in [-0.25, -0.2) is 0 Å². The van der Waals surface area contributed by atoms with Crippen LogP contribution in [0.5, 0.6) is 11.5 Å². The predicted octanol–water partition coefficient (Wildman–Crippen LogP) is 2.58. The fourth-order valence-corrected chi connectivity index (χ4v) is 2.37. The molecular formula is C20H23N3O4S. The fraction of sp³-hybridized carbons (Fsp3) is 0.250.